The summed E-state index contributed by atoms with van der Waals surface area (Å²) in [6.07, 6.45) is 6.99. The number of pyridine rings is 1. The number of aromatic nitrogens is 3. The molecule has 6 nitrogen and oxygen atoms in total. The third kappa shape index (κ3) is 2.11. The van der Waals surface area contributed by atoms with Crippen molar-refractivity contribution in [1.29, 1.82) is 0 Å². The molecule has 6 heteroatoms. The molecule has 0 aromatic carbocycles. The largest absolute Gasteiger partial charge is 0.465 e. The predicted molar refractivity (Wildman–Crippen MR) is 73.8 cm³/mol. The van der Waals surface area contributed by atoms with Crippen molar-refractivity contribution in [2.75, 3.05) is 7.11 Å². The van der Waals surface area contributed by atoms with E-state index in [0.717, 1.165) is 25.7 Å². The van der Waals surface area contributed by atoms with E-state index >= 15 is 0 Å². The van der Waals surface area contributed by atoms with Crippen LogP contribution in [0.5, 0.6) is 0 Å². The number of carbonyl (C=O) groups is 1. The van der Waals surface area contributed by atoms with Gasteiger partial charge in [-0.25, -0.2) is 14.6 Å². The standard InChI is InChI=1S/C14H17N3O3/c1-20-13(18)9-7-11-12(15-8-9)17(14(19)16-11)10-5-3-2-4-6-10/h7-8,10H,2-6H2,1H3,(H,16,19). The molecule has 0 saturated heterocycles. The van der Waals surface area contributed by atoms with Gasteiger partial charge < -0.3 is 9.72 Å². The number of nitrogens with zero attached hydrogens (tertiary/aromatic N) is 2. The lowest BCUT2D eigenvalue weighted by Crippen LogP contribution is -2.24. The fourth-order valence-electron chi connectivity index (χ4n) is 2.92. The molecule has 2 aromatic rings. The van der Waals surface area contributed by atoms with Gasteiger partial charge in [0.25, 0.3) is 0 Å². The Bertz CT molecular complexity index is 695. The summed E-state index contributed by atoms with van der Waals surface area (Å²) in [7, 11) is 1.32. The first kappa shape index (κ1) is 12.9. The second-order valence-corrected chi connectivity index (χ2v) is 5.18. The first-order chi connectivity index (χ1) is 9.70. The smallest absolute Gasteiger partial charge is 0.339 e. The van der Waals surface area contributed by atoms with E-state index < -0.39 is 5.97 Å². The molecule has 1 saturated carbocycles. The summed E-state index contributed by atoms with van der Waals surface area (Å²) in [5.41, 5.74) is 1.40. The van der Waals surface area contributed by atoms with Gasteiger partial charge in [0.05, 0.1) is 18.2 Å². The van der Waals surface area contributed by atoms with Crippen molar-refractivity contribution < 1.29 is 9.53 Å². The molecule has 1 fully saturated rings. The van der Waals surface area contributed by atoms with Crippen molar-refractivity contribution in [1.82, 2.24) is 14.5 Å². The predicted octanol–water partition coefficient (Wildman–Crippen LogP) is 2.02. The van der Waals surface area contributed by atoms with Crippen LogP contribution in [0, 0.1) is 0 Å². The minimum Gasteiger partial charge on any atom is -0.465 e. The normalized spacial score (nSPS) is 16.4. The highest BCUT2D eigenvalue weighted by Gasteiger charge is 2.21. The Morgan fingerprint density at radius 1 is 1.40 bits per heavy atom. The number of methoxy groups -OCH3 is 1. The van der Waals surface area contributed by atoms with E-state index in [0.29, 0.717) is 16.7 Å². The highest BCUT2D eigenvalue weighted by molar-refractivity contribution is 5.92. The van der Waals surface area contributed by atoms with Gasteiger partial charge in [0.1, 0.15) is 0 Å². The van der Waals surface area contributed by atoms with E-state index in [4.69, 9.17) is 0 Å². The molecule has 3 rings (SSSR count). The second kappa shape index (κ2) is 5.11. The van der Waals surface area contributed by atoms with Gasteiger partial charge in [-0.1, -0.05) is 19.3 Å². The SMILES string of the molecule is COC(=O)c1cnc2c(c1)[nH]c(=O)n2C1CCCCC1. The molecule has 2 aromatic heterocycles. The molecule has 20 heavy (non-hydrogen) atoms. The van der Waals surface area contributed by atoms with Crippen LogP contribution < -0.4 is 5.69 Å². The minimum atomic E-state index is -0.453. The summed E-state index contributed by atoms with van der Waals surface area (Å²) >= 11 is 0. The Labute approximate surface area is 115 Å². The molecule has 0 spiro atoms. The van der Waals surface area contributed by atoms with E-state index in [-0.39, 0.29) is 11.7 Å². The van der Waals surface area contributed by atoms with E-state index in [1.165, 1.54) is 19.7 Å². The molecule has 1 aliphatic rings. The number of esters is 1. The molecule has 0 amide bonds. The van der Waals surface area contributed by atoms with E-state index in [9.17, 15) is 9.59 Å². The molecule has 0 aliphatic heterocycles. The van der Waals surface area contributed by atoms with Crippen molar-refractivity contribution >= 4 is 17.1 Å². The Morgan fingerprint density at radius 2 is 2.15 bits per heavy atom. The maximum atomic E-state index is 12.1. The van der Waals surface area contributed by atoms with Crippen LogP contribution >= 0.6 is 0 Å². The number of fused-ring (bicyclic) bond motifs is 1. The van der Waals surface area contributed by atoms with E-state index in [2.05, 4.69) is 14.7 Å². The molecule has 2 heterocycles. The number of aromatic amines is 1. The summed E-state index contributed by atoms with van der Waals surface area (Å²) in [5.74, 6) is -0.453. The first-order valence-corrected chi connectivity index (χ1v) is 6.89. The zero-order chi connectivity index (χ0) is 14.1. The number of ether oxygens (including phenoxy) is 1. The van der Waals surface area contributed by atoms with Gasteiger partial charge in [0.15, 0.2) is 5.65 Å². The van der Waals surface area contributed by atoms with Gasteiger partial charge in [0, 0.05) is 12.2 Å². The van der Waals surface area contributed by atoms with E-state index in [1.807, 2.05) is 0 Å². The van der Waals surface area contributed by atoms with Crippen LogP contribution in [-0.2, 0) is 4.74 Å². The number of rotatable bonds is 2. The quantitative estimate of drug-likeness (QED) is 0.851. The molecule has 0 unspecified atom stereocenters. The summed E-state index contributed by atoms with van der Waals surface area (Å²) in [6, 6.07) is 1.83. The van der Waals surface area contributed by atoms with Crippen molar-refractivity contribution in [3.8, 4) is 0 Å². The maximum absolute atomic E-state index is 12.1. The van der Waals surface area contributed by atoms with Gasteiger partial charge in [-0.05, 0) is 18.9 Å². The number of carbonyl (C=O) groups excluding carboxylic acids is 1. The number of imidazole rings is 1. The molecule has 0 bridgehead atoms. The highest BCUT2D eigenvalue weighted by Crippen LogP contribution is 2.28. The van der Waals surface area contributed by atoms with Gasteiger partial charge in [-0.2, -0.15) is 0 Å². The van der Waals surface area contributed by atoms with Crippen LogP contribution in [-0.4, -0.2) is 27.6 Å². The fraction of sp³-hybridized carbons (Fsp3) is 0.500. The number of hydrogen-bond acceptors (Lipinski definition) is 4. The topological polar surface area (TPSA) is 77.0 Å². The van der Waals surface area contributed by atoms with Crippen molar-refractivity contribution in [3.05, 3.63) is 28.3 Å². The van der Waals surface area contributed by atoms with Crippen LogP contribution in [0.15, 0.2) is 17.1 Å². The van der Waals surface area contributed by atoms with Crippen molar-refractivity contribution in [3.63, 3.8) is 0 Å². The average molecular weight is 275 g/mol. The lowest BCUT2D eigenvalue weighted by atomic mass is 9.95. The summed E-state index contributed by atoms with van der Waals surface area (Å²) < 4.78 is 6.39. The van der Waals surface area contributed by atoms with Gasteiger partial charge >= 0.3 is 11.7 Å². The lowest BCUT2D eigenvalue weighted by molar-refractivity contribution is 0.0600. The number of nitrogens with one attached hydrogen (secondary N) is 1. The minimum absolute atomic E-state index is 0.151. The molecule has 1 N–H and O–H groups in total. The monoisotopic (exact) mass is 275 g/mol. The Balaban J connectivity index is 2.07. The van der Waals surface area contributed by atoms with Crippen LogP contribution in [0.2, 0.25) is 0 Å². The van der Waals surface area contributed by atoms with Crippen LogP contribution in [0.4, 0.5) is 0 Å². The molecule has 0 radical (unpaired) electrons. The Kier molecular flexibility index (Phi) is 3.30. The first-order valence-electron chi connectivity index (χ1n) is 6.89. The summed E-state index contributed by atoms with van der Waals surface area (Å²) in [6.45, 7) is 0. The molecule has 1 aliphatic carbocycles. The van der Waals surface area contributed by atoms with Crippen molar-refractivity contribution in [2.45, 2.75) is 38.1 Å². The van der Waals surface area contributed by atoms with E-state index in [1.54, 1.807) is 10.6 Å². The average Bonchev–Trinajstić information content (AvgIpc) is 2.82. The highest BCUT2D eigenvalue weighted by atomic mass is 16.5. The van der Waals surface area contributed by atoms with Crippen molar-refractivity contribution in [2.24, 2.45) is 0 Å². The molecular weight excluding hydrogens is 258 g/mol. The second-order valence-electron chi connectivity index (χ2n) is 5.18. The summed E-state index contributed by atoms with van der Waals surface area (Å²) in [5, 5.41) is 0. The molecule has 106 valence electrons. The van der Waals surface area contributed by atoms with Gasteiger partial charge in [-0.3, -0.25) is 4.57 Å². The number of hydrogen-bond donors (Lipinski definition) is 1. The van der Waals surface area contributed by atoms with Gasteiger partial charge in [0.2, 0.25) is 0 Å². The van der Waals surface area contributed by atoms with Crippen LogP contribution in [0.25, 0.3) is 11.2 Å². The van der Waals surface area contributed by atoms with Gasteiger partial charge in [-0.15, -0.1) is 0 Å². The zero-order valence-electron chi connectivity index (χ0n) is 11.4. The lowest BCUT2D eigenvalue weighted by Gasteiger charge is -2.22. The molecule has 0 atom stereocenters. The van der Waals surface area contributed by atoms with Crippen LogP contribution in [0.3, 0.4) is 0 Å². The van der Waals surface area contributed by atoms with Crippen LogP contribution in [0.1, 0.15) is 48.5 Å². The fourth-order valence-corrected chi connectivity index (χ4v) is 2.92. The third-order valence-corrected chi connectivity index (χ3v) is 3.92. The summed E-state index contributed by atoms with van der Waals surface area (Å²) in [4.78, 5) is 30.7. The Hall–Kier alpha value is -2.11. The maximum Gasteiger partial charge on any atom is 0.339 e. The number of H-pyrrole nitrogens is 1. The molecular formula is C14H17N3O3. The zero-order valence-corrected chi connectivity index (χ0v) is 11.4. The Morgan fingerprint density at radius 3 is 2.85 bits per heavy atom. The third-order valence-electron chi connectivity index (χ3n) is 3.92.